The second-order valence-corrected chi connectivity index (χ2v) is 18.7. The molecule has 10 aliphatic rings. The Morgan fingerprint density at radius 3 is 1.96 bits per heavy atom. The van der Waals surface area contributed by atoms with Crippen molar-refractivity contribution in [2.24, 2.45) is 0 Å². The molecule has 12 rings (SSSR count). The number of para-hydroxylation sites is 2. The first-order chi connectivity index (χ1) is 22.5. The van der Waals surface area contributed by atoms with Crippen LogP contribution in [0.1, 0.15) is 17.5 Å². The largest absolute Gasteiger partial charge is 0.392 e. The molecule has 2 unspecified atom stereocenters. The van der Waals surface area contributed by atoms with E-state index in [4.69, 9.17) is 0 Å². The molecular formula is C30H28N6O7S4. The van der Waals surface area contributed by atoms with E-state index >= 15 is 0 Å². The summed E-state index contributed by atoms with van der Waals surface area (Å²) in [7, 11) is 7.58. The maximum absolute atomic E-state index is 14.7. The monoisotopic (exact) mass is 712 g/mol. The van der Waals surface area contributed by atoms with Gasteiger partial charge >= 0.3 is 0 Å². The van der Waals surface area contributed by atoms with Crippen molar-refractivity contribution in [1.82, 2.24) is 19.6 Å². The maximum atomic E-state index is 14.7. The molecule has 2 aromatic carbocycles. The third kappa shape index (κ3) is 2.53. The van der Waals surface area contributed by atoms with Gasteiger partial charge in [0.2, 0.25) is 14.6 Å². The number of amides is 4. The molecule has 4 bridgehead atoms. The van der Waals surface area contributed by atoms with Crippen molar-refractivity contribution in [1.29, 1.82) is 0 Å². The van der Waals surface area contributed by atoms with Gasteiger partial charge in [0.15, 0.2) is 4.87 Å². The average Bonchev–Trinajstić information content (AvgIpc) is 3.75. The summed E-state index contributed by atoms with van der Waals surface area (Å²) in [5, 5.41) is 41.7. The lowest BCUT2D eigenvalue weighted by Crippen LogP contribution is -2.79. The summed E-state index contributed by atoms with van der Waals surface area (Å²) in [5.74, 6) is -1.77. The number of carbonyl (C=O) groups excluding carboxylic acids is 4. The van der Waals surface area contributed by atoms with Gasteiger partial charge in [0.1, 0.15) is 18.4 Å². The fourth-order valence-corrected chi connectivity index (χ4v) is 17.3. The number of rotatable bonds is 3. The van der Waals surface area contributed by atoms with Gasteiger partial charge in [0.25, 0.3) is 23.6 Å². The van der Waals surface area contributed by atoms with Crippen LogP contribution < -0.4 is 10.6 Å². The Bertz CT molecular complexity index is 1910. The molecule has 17 heteroatoms. The van der Waals surface area contributed by atoms with Crippen LogP contribution in [0.2, 0.25) is 0 Å². The first-order valence-corrected chi connectivity index (χ1v) is 19.4. The molecular weight excluding hydrogens is 685 g/mol. The zero-order valence-corrected chi connectivity index (χ0v) is 28.1. The van der Waals surface area contributed by atoms with Gasteiger partial charge in [0.05, 0.1) is 24.0 Å². The summed E-state index contributed by atoms with van der Waals surface area (Å²) in [4.78, 5) is 57.8. The normalized spacial score (nSPS) is 44.7. The fraction of sp³-hybridized carbons (Fsp3) is 0.467. The first-order valence-electron chi connectivity index (χ1n) is 15.1. The van der Waals surface area contributed by atoms with Gasteiger partial charge in [-0.15, -0.1) is 0 Å². The maximum Gasteiger partial charge on any atom is 0.265 e. The summed E-state index contributed by atoms with van der Waals surface area (Å²) >= 11 is 0. The van der Waals surface area contributed by atoms with Crippen molar-refractivity contribution < 1.29 is 34.5 Å². The molecule has 0 aromatic heterocycles. The molecule has 8 saturated heterocycles. The van der Waals surface area contributed by atoms with E-state index in [2.05, 4.69) is 10.6 Å². The zero-order chi connectivity index (χ0) is 32.7. The molecule has 2 aromatic rings. The molecule has 5 N–H and O–H groups in total. The second-order valence-electron chi connectivity index (χ2n) is 13.4. The second kappa shape index (κ2) is 8.49. The Labute approximate surface area is 283 Å². The van der Waals surface area contributed by atoms with E-state index in [0.29, 0.717) is 16.9 Å². The molecule has 13 nitrogen and oxygen atoms in total. The van der Waals surface area contributed by atoms with Crippen LogP contribution in [0, 0.1) is 0 Å². The average molecular weight is 713 g/mol. The van der Waals surface area contributed by atoms with Crippen molar-refractivity contribution in [3.63, 3.8) is 0 Å². The molecule has 0 radical (unpaired) electrons. The number of fused-ring (bicyclic) bond motifs is 11. The molecule has 2 spiro atoms. The molecule has 0 saturated carbocycles. The Morgan fingerprint density at radius 2 is 1.28 bits per heavy atom. The Morgan fingerprint density at radius 1 is 0.723 bits per heavy atom. The van der Waals surface area contributed by atoms with Crippen molar-refractivity contribution in [3.05, 3.63) is 59.7 Å². The quantitative estimate of drug-likeness (QED) is 0.277. The highest BCUT2D eigenvalue weighted by atomic mass is 33.1. The summed E-state index contributed by atoms with van der Waals surface area (Å²) in [6.45, 7) is -1.21. The molecule has 244 valence electrons. The van der Waals surface area contributed by atoms with Gasteiger partial charge in [-0.1, -0.05) is 47.2 Å². The molecule has 47 heavy (non-hydrogen) atoms. The van der Waals surface area contributed by atoms with E-state index in [1.165, 1.54) is 50.4 Å². The van der Waals surface area contributed by atoms with Gasteiger partial charge < -0.3 is 35.8 Å². The number of hydrogen-bond donors (Lipinski definition) is 5. The summed E-state index contributed by atoms with van der Waals surface area (Å²) < 4.78 is 0. The number of benzene rings is 2. The number of nitrogens with zero attached hydrogens (tertiary/aromatic N) is 4. The zero-order valence-electron chi connectivity index (χ0n) is 24.9. The van der Waals surface area contributed by atoms with E-state index in [0.717, 1.165) is 27.2 Å². The Kier molecular flexibility index (Phi) is 5.26. The number of likely N-dealkylation sites (N-methyl/N-ethyl adjacent to an activating group) is 2. The van der Waals surface area contributed by atoms with Crippen molar-refractivity contribution in [3.8, 4) is 0 Å². The highest BCUT2D eigenvalue weighted by Crippen LogP contribution is 2.78. The number of piperazine rings is 2. The topological polar surface area (TPSA) is 166 Å². The summed E-state index contributed by atoms with van der Waals surface area (Å²) in [6, 6.07) is 15.0. The molecule has 10 heterocycles. The number of aliphatic hydroxyl groups is 3. The van der Waals surface area contributed by atoms with Crippen LogP contribution in [-0.4, -0.2) is 124 Å². The lowest BCUT2D eigenvalue weighted by atomic mass is 9.53. The Balaban J connectivity index is 1.32. The van der Waals surface area contributed by atoms with Gasteiger partial charge in [-0.25, -0.2) is 0 Å². The van der Waals surface area contributed by atoms with Crippen LogP contribution in [-0.2, 0) is 30.0 Å². The van der Waals surface area contributed by atoms with Gasteiger partial charge in [-0.2, -0.15) is 0 Å². The number of carbonyl (C=O) groups is 4. The van der Waals surface area contributed by atoms with Crippen LogP contribution >= 0.6 is 43.2 Å². The summed E-state index contributed by atoms with van der Waals surface area (Å²) in [5.41, 5.74) is -0.00856. The van der Waals surface area contributed by atoms with Crippen molar-refractivity contribution >= 4 is 78.2 Å². The predicted molar refractivity (Wildman–Crippen MR) is 176 cm³/mol. The molecule has 8 fully saturated rings. The lowest BCUT2D eigenvalue weighted by Gasteiger charge is -2.58. The predicted octanol–water partition coefficient (Wildman–Crippen LogP) is 0.305. The van der Waals surface area contributed by atoms with Crippen LogP contribution in [0.4, 0.5) is 11.4 Å². The van der Waals surface area contributed by atoms with Gasteiger partial charge in [-0.05, 0) is 55.6 Å². The van der Waals surface area contributed by atoms with Crippen LogP contribution in [0.15, 0.2) is 48.5 Å². The van der Waals surface area contributed by atoms with Crippen molar-refractivity contribution in [2.45, 2.75) is 55.2 Å². The minimum Gasteiger partial charge on any atom is -0.392 e. The van der Waals surface area contributed by atoms with Crippen molar-refractivity contribution in [2.75, 3.05) is 37.9 Å². The minimum absolute atomic E-state index is 0.0530. The summed E-state index contributed by atoms with van der Waals surface area (Å²) in [6.07, 6.45) is -3.39. The van der Waals surface area contributed by atoms with Crippen LogP contribution in [0.3, 0.4) is 0 Å². The SMILES string of the molecule is CN1C(=O)[C@@]23CC4(C56c7ccccc7N[C@@H]5N5C(=O)[C@]7(CO)SS[C@]5(C(=O)N7C)[C@H]6O)c5ccccc5N[C@@H]4N2C(=O)[C@]1(CO)SS3. The smallest absolute Gasteiger partial charge is 0.265 e. The number of aliphatic hydroxyl groups excluding tert-OH is 3. The lowest BCUT2D eigenvalue weighted by molar-refractivity contribution is -0.169. The molecule has 10 aliphatic heterocycles. The third-order valence-corrected chi connectivity index (χ3v) is 19.3. The number of hydrogen-bond acceptors (Lipinski definition) is 13. The van der Waals surface area contributed by atoms with Gasteiger partial charge in [-0.3, -0.25) is 29.0 Å². The van der Waals surface area contributed by atoms with Gasteiger partial charge in [0, 0.05) is 31.9 Å². The van der Waals surface area contributed by atoms with E-state index in [1.807, 2.05) is 48.5 Å². The molecule has 0 aliphatic carbocycles. The number of anilines is 2. The van der Waals surface area contributed by atoms with E-state index < -0.39 is 79.7 Å². The van der Waals surface area contributed by atoms with Crippen LogP contribution in [0.5, 0.6) is 0 Å². The third-order valence-electron chi connectivity index (χ3n) is 12.1. The van der Waals surface area contributed by atoms with E-state index in [1.54, 1.807) is 4.90 Å². The Hall–Kier alpha value is -2.80. The van der Waals surface area contributed by atoms with Crippen LogP contribution in [0.25, 0.3) is 0 Å². The van der Waals surface area contributed by atoms with E-state index in [-0.39, 0.29) is 12.3 Å². The highest BCUT2D eigenvalue weighted by molar-refractivity contribution is 8.78. The minimum atomic E-state index is -1.78. The standard InChI is InChI=1S/C30H28N6O7S4/c1-33-21(40)26-11-25(14-7-3-5-9-16(14)31-19(25)35(26)22(41)27(33,12-37)45-44-26)29-15-8-4-6-10-17(15)32-20(29)36-23(42)28(13-38)34(2)24(43)30(36,18(29)39)47-46-28/h3-10,18-20,31-32,37-39H,11-13H2,1-2H3/t18-,19+,20+,25?,26-,27-,28-,29?,30-/m0/s1. The van der Waals surface area contributed by atoms with E-state index in [9.17, 15) is 34.5 Å². The first kappa shape index (κ1) is 29.1. The number of nitrogens with one attached hydrogen (secondary N) is 2. The fourth-order valence-electron chi connectivity index (χ4n) is 9.99. The highest BCUT2D eigenvalue weighted by Gasteiger charge is 2.90. The molecule has 4 amide bonds. The molecule has 9 atom stereocenters.